The molecule has 4 amide bonds. The van der Waals surface area contributed by atoms with E-state index in [9.17, 15) is 19.2 Å². The Bertz CT molecular complexity index is 973. The van der Waals surface area contributed by atoms with Crippen LogP contribution in [-0.2, 0) is 25.6 Å². The molecule has 41 heavy (non-hydrogen) atoms. The summed E-state index contributed by atoms with van der Waals surface area (Å²) in [4.78, 5) is 52.3. The van der Waals surface area contributed by atoms with Crippen molar-refractivity contribution in [3.8, 4) is 0 Å². The van der Waals surface area contributed by atoms with Crippen LogP contribution in [0.25, 0.3) is 0 Å². The Balaban J connectivity index is 2.83. The second kappa shape index (κ2) is 16.7. The minimum absolute atomic E-state index is 0.0372. The standard InChI is InChI=1S/C30H50N4O7/c1-10-17-34(18-16-31-26(36)39-20-23-14-12-11-13-15-23)25(35)22(3)21(2)24(33-28(38)41-30(7,8)9)19-32-27(37)40-29(4,5)6/h11-15,21-22,24H,10,16-20H2,1-9H3,(H,31,36)(H,32,37)(H,33,38). The van der Waals surface area contributed by atoms with Gasteiger partial charge in [-0.25, -0.2) is 14.4 Å². The minimum Gasteiger partial charge on any atom is -0.445 e. The van der Waals surface area contributed by atoms with E-state index in [0.717, 1.165) is 12.0 Å². The van der Waals surface area contributed by atoms with E-state index in [1.807, 2.05) is 44.2 Å². The molecule has 0 aliphatic rings. The monoisotopic (exact) mass is 578 g/mol. The fraction of sp³-hybridized carbons (Fsp3) is 0.667. The zero-order valence-corrected chi connectivity index (χ0v) is 26.2. The smallest absolute Gasteiger partial charge is 0.407 e. The first kappa shape index (κ1) is 35.5. The summed E-state index contributed by atoms with van der Waals surface area (Å²) in [5, 5.41) is 8.19. The Morgan fingerprint density at radius 3 is 1.98 bits per heavy atom. The third kappa shape index (κ3) is 15.2. The lowest BCUT2D eigenvalue weighted by Crippen LogP contribution is -2.52. The summed E-state index contributed by atoms with van der Waals surface area (Å²) in [6.07, 6.45) is -1.11. The van der Waals surface area contributed by atoms with Gasteiger partial charge in [0.2, 0.25) is 5.91 Å². The molecule has 1 aromatic carbocycles. The van der Waals surface area contributed by atoms with Crippen LogP contribution in [0.1, 0.15) is 74.3 Å². The molecule has 1 aromatic rings. The average molecular weight is 579 g/mol. The van der Waals surface area contributed by atoms with Crippen LogP contribution in [0.15, 0.2) is 30.3 Å². The maximum atomic E-state index is 13.5. The molecule has 0 bridgehead atoms. The third-order valence-electron chi connectivity index (χ3n) is 6.05. The molecule has 0 fully saturated rings. The zero-order valence-electron chi connectivity index (χ0n) is 26.2. The molecule has 1 rings (SSSR count). The van der Waals surface area contributed by atoms with E-state index in [1.165, 1.54) is 0 Å². The van der Waals surface area contributed by atoms with Gasteiger partial charge in [-0.15, -0.1) is 0 Å². The maximum absolute atomic E-state index is 13.5. The first-order chi connectivity index (χ1) is 19.0. The highest BCUT2D eigenvalue weighted by molar-refractivity contribution is 5.79. The summed E-state index contributed by atoms with van der Waals surface area (Å²) in [5.74, 6) is -1.04. The predicted octanol–water partition coefficient (Wildman–Crippen LogP) is 4.84. The SMILES string of the molecule is CCCN(CCNC(=O)OCc1ccccc1)C(=O)C(C)C(C)C(CNC(=O)OC(C)(C)C)NC(=O)OC(C)(C)C. The van der Waals surface area contributed by atoms with Crippen LogP contribution in [0.4, 0.5) is 14.4 Å². The Morgan fingerprint density at radius 2 is 1.41 bits per heavy atom. The number of alkyl carbamates (subject to hydrolysis) is 3. The number of carbonyl (C=O) groups excluding carboxylic acids is 4. The first-order valence-electron chi connectivity index (χ1n) is 14.2. The second-order valence-corrected chi connectivity index (χ2v) is 12.1. The quantitative estimate of drug-likeness (QED) is 0.285. The highest BCUT2D eigenvalue weighted by Gasteiger charge is 2.33. The lowest BCUT2D eigenvalue weighted by atomic mass is 9.87. The highest BCUT2D eigenvalue weighted by atomic mass is 16.6. The summed E-state index contributed by atoms with van der Waals surface area (Å²) in [6, 6.07) is 8.74. The maximum Gasteiger partial charge on any atom is 0.407 e. The summed E-state index contributed by atoms with van der Waals surface area (Å²) < 4.78 is 16.0. The Morgan fingerprint density at radius 1 is 0.829 bits per heavy atom. The van der Waals surface area contributed by atoms with E-state index >= 15 is 0 Å². The van der Waals surface area contributed by atoms with E-state index in [2.05, 4.69) is 16.0 Å². The summed E-state index contributed by atoms with van der Waals surface area (Å²) in [7, 11) is 0. The number of hydrogen-bond acceptors (Lipinski definition) is 7. The molecule has 3 N–H and O–H groups in total. The molecule has 0 aliphatic heterocycles. The van der Waals surface area contributed by atoms with Crippen LogP contribution in [0.5, 0.6) is 0 Å². The molecule has 3 atom stereocenters. The number of hydrogen-bond donors (Lipinski definition) is 3. The first-order valence-corrected chi connectivity index (χ1v) is 14.2. The minimum atomic E-state index is -0.717. The largest absolute Gasteiger partial charge is 0.445 e. The van der Waals surface area contributed by atoms with E-state index in [1.54, 1.807) is 53.4 Å². The molecule has 0 heterocycles. The Labute approximate surface area is 245 Å². The van der Waals surface area contributed by atoms with Crippen LogP contribution < -0.4 is 16.0 Å². The third-order valence-corrected chi connectivity index (χ3v) is 6.05. The van der Waals surface area contributed by atoms with Gasteiger partial charge in [0.1, 0.15) is 17.8 Å². The topological polar surface area (TPSA) is 135 Å². The van der Waals surface area contributed by atoms with Gasteiger partial charge in [0.25, 0.3) is 0 Å². The molecular weight excluding hydrogens is 528 g/mol. The number of amides is 4. The van der Waals surface area contributed by atoms with Crippen molar-refractivity contribution in [1.82, 2.24) is 20.9 Å². The molecule has 11 nitrogen and oxygen atoms in total. The van der Waals surface area contributed by atoms with Crippen LogP contribution in [0.2, 0.25) is 0 Å². The van der Waals surface area contributed by atoms with E-state index in [0.29, 0.717) is 13.1 Å². The van der Waals surface area contributed by atoms with Gasteiger partial charge in [-0.2, -0.15) is 0 Å². The fourth-order valence-electron chi connectivity index (χ4n) is 3.87. The number of rotatable bonds is 13. The molecule has 0 spiro atoms. The molecular formula is C30H50N4O7. The summed E-state index contributed by atoms with van der Waals surface area (Å²) >= 11 is 0. The van der Waals surface area contributed by atoms with Crippen molar-refractivity contribution in [2.24, 2.45) is 11.8 Å². The average Bonchev–Trinajstić information content (AvgIpc) is 2.86. The van der Waals surface area contributed by atoms with Crippen LogP contribution >= 0.6 is 0 Å². The molecule has 0 aliphatic carbocycles. The normalized spacial score (nSPS) is 13.7. The van der Waals surface area contributed by atoms with Crippen LogP contribution in [-0.4, -0.2) is 72.5 Å². The van der Waals surface area contributed by atoms with Gasteiger partial charge in [-0.05, 0) is 59.4 Å². The molecule has 232 valence electrons. The van der Waals surface area contributed by atoms with Gasteiger partial charge in [0.15, 0.2) is 0 Å². The van der Waals surface area contributed by atoms with Crippen LogP contribution in [0.3, 0.4) is 0 Å². The number of benzene rings is 1. The zero-order chi connectivity index (χ0) is 31.2. The van der Waals surface area contributed by atoms with Gasteiger partial charge >= 0.3 is 18.3 Å². The number of carbonyl (C=O) groups is 4. The van der Waals surface area contributed by atoms with Gasteiger partial charge in [-0.1, -0.05) is 51.1 Å². The van der Waals surface area contributed by atoms with Gasteiger partial charge in [0.05, 0.1) is 6.04 Å². The van der Waals surface area contributed by atoms with Crippen molar-refractivity contribution in [3.05, 3.63) is 35.9 Å². The predicted molar refractivity (Wildman–Crippen MR) is 157 cm³/mol. The summed E-state index contributed by atoms with van der Waals surface area (Å²) in [5.41, 5.74) is -0.523. The number of nitrogens with one attached hydrogen (secondary N) is 3. The number of ether oxygens (including phenoxy) is 3. The van der Waals surface area contributed by atoms with Crippen molar-refractivity contribution in [1.29, 1.82) is 0 Å². The van der Waals surface area contributed by atoms with Crippen molar-refractivity contribution >= 4 is 24.2 Å². The molecule has 11 heteroatoms. The molecule has 0 saturated carbocycles. The Kier molecular flexibility index (Phi) is 14.5. The lowest BCUT2D eigenvalue weighted by Gasteiger charge is -2.33. The van der Waals surface area contributed by atoms with Crippen LogP contribution in [0, 0.1) is 11.8 Å². The van der Waals surface area contributed by atoms with Gasteiger partial charge in [-0.3, -0.25) is 4.79 Å². The Hall–Kier alpha value is -3.50. The van der Waals surface area contributed by atoms with Crippen molar-refractivity contribution in [3.63, 3.8) is 0 Å². The molecule has 3 unspecified atom stereocenters. The molecule has 0 radical (unpaired) electrons. The fourth-order valence-corrected chi connectivity index (χ4v) is 3.87. The van der Waals surface area contributed by atoms with Crippen molar-refractivity contribution in [2.75, 3.05) is 26.2 Å². The van der Waals surface area contributed by atoms with E-state index in [-0.39, 0.29) is 31.5 Å². The van der Waals surface area contributed by atoms with E-state index < -0.39 is 41.4 Å². The lowest BCUT2D eigenvalue weighted by molar-refractivity contribution is -0.137. The van der Waals surface area contributed by atoms with Crippen molar-refractivity contribution in [2.45, 2.75) is 92.6 Å². The highest BCUT2D eigenvalue weighted by Crippen LogP contribution is 2.20. The van der Waals surface area contributed by atoms with Gasteiger partial charge in [0, 0.05) is 32.1 Å². The number of nitrogens with zero attached hydrogens (tertiary/aromatic N) is 1. The molecule has 0 aromatic heterocycles. The van der Waals surface area contributed by atoms with Gasteiger partial charge < -0.3 is 35.1 Å². The second-order valence-electron chi connectivity index (χ2n) is 12.1. The molecule has 0 saturated heterocycles. The summed E-state index contributed by atoms with van der Waals surface area (Å²) in [6.45, 7) is 17.3. The van der Waals surface area contributed by atoms with E-state index in [4.69, 9.17) is 14.2 Å². The van der Waals surface area contributed by atoms with Crippen molar-refractivity contribution < 1.29 is 33.4 Å².